The molecule has 1 atom stereocenters. The van der Waals surface area contributed by atoms with E-state index in [1.807, 2.05) is 17.5 Å². The zero-order chi connectivity index (χ0) is 14.3. The third-order valence-electron chi connectivity index (χ3n) is 3.01. The molecule has 104 valence electrons. The number of hydrogen-bond acceptors (Lipinski definition) is 6. The van der Waals surface area contributed by atoms with Crippen molar-refractivity contribution in [3.8, 4) is 0 Å². The molecule has 8 heteroatoms. The van der Waals surface area contributed by atoms with Gasteiger partial charge in [-0.15, -0.1) is 23.1 Å². The van der Waals surface area contributed by atoms with Crippen molar-refractivity contribution >= 4 is 38.6 Å². The zero-order valence-corrected chi connectivity index (χ0v) is 12.5. The minimum Gasteiger partial charge on any atom is -0.258 e. The van der Waals surface area contributed by atoms with Crippen LogP contribution >= 0.6 is 23.1 Å². The molecule has 0 N–H and O–H groups in total. The van der Waals surface area contributed by atoms with Crippen molar-refractivity contribution < 1.29 is 13.3 Å². The van der Waals surface area contributed by atoms with Gasteiger partial charge in [0, 0.05) is 12.1 Å². The predicted octanol–water partition coefficient (Wildman–Crippen LogP) is 3.28. The van der Waals surface area contributed by atoms with Crippen LogP contribution in [0.2, 0.25) is 0 Å². The summed E-state index contributed by atoms with van der Waals surface area (Å²) in [5.41, 5.74) is 0.475. The van der Waals surface area contributed by atoms with Crippen LogP contribution in [0.15, 0.2) is 44.8 Å². The Labute approximate surface area is 123 Å². The number of benzene rings is 1. The summed E-state index contributed by atoms with van der Waals surface area (Å²) in [6, 6.07) is 7.93. The number of nitro groups is 1. The molecule has 1 aromatic heterocycles. The topological polar surface area (TPSA) is 77.3 Å². The van der Waals surface area contributed by atoms with Crippen molar-refractivity contribution in [3.05, 3.63) is 51.4 Å². The summed E-state index contributed by atoms with van der Waals surface area (Å²) in [5, 5.41) is 12.5. The van der Waals surface area contributed by atoms with Crippen LogP contribution < -0.4 is 0 Å². The number of thioether (sulfide) groups is 1. The Kier molecular flexibility index (Phi) is 3.31. The molecule has 0 saturated heterocycles. The van der Waals surface area contributed by atoms with Gasteiger partial charge in [-0.25, -0.2) is 8.42 Å². The first-order valence-electron chi connectivity index (χ1n) is 5.68. The zero-order valence-electron chi connectivity index (χ0n) is 10.1. The Morgan fingerprint density at radius 3 is 2.80 bits per heavy atom. The number of thiophene rings is 1. The van der Waals surface area contributed by atoms with Gasteiger partial charge in [-0.3, -0.25) is 10.1 Å². The highest BCUT2D eigenvalue weighted by Gasteiger charge is 2.36. The van der Waals surface area contributed by atoms with Gasteiger partial charge in [0.2, 0.25) is 0 Å². The molecule has 3 rings (SSSR count). The molecule has 0 fully saturated rings. The van der Waals surface area contributed by atoms with E-state index >= 15 is 0 Å². The fourth-order valence-corrected chi connectivity index (χ4v) is 6.59. The molecule has 0 radical (unpaired) electrons. The Morgan fingerprint density at radius 1 is 1.35 bits per heavy atom. The molecule has 1 aliphatic heterocycles. The summed E-state index contributed by atoms with van der Waals surface area (Å²) in [5.74, 6) is -0.00787. The lowest BCUT2D eigenvalue weighted by Gasteiger charge is -2.07. The first-order chi connectivity index (χ1) is 9.47. The van der Waals surface area contributed by atoms with Crippen LogP contribution in [0.4, 0.5) is 5.69 Å². The number of hydrogen-bond donors (Lipinski definition) is 0. The number of nitrogens with zero attached hydrogens (tertiary/aromatic N) is 1. The van der Waals surface area contributed by atoms with E-state index in [0.717, 1.165) is 4.21 Å². The molecule has 0 aliphatic carbocycles. The highest BCUT2D eigenvalue weighted by Crippen LogP contribution is 2.46. The van der Waals surface area contributed by atoms with Crippen LogP contribution in [0.3, 0.4) is 0 Å². The lowest BCUT2D eigenvalue weighted by molar-refractivity contribution is -0.385. The number of rotatable bonds is 3. The highest BCUT2D eigenvalue weighted by molar-refractivity contribution is 8.03. The van der Waals surface area contributed by atoms with Gasteiger partial charge in [0.05, 0.1) is 25.0 Å². The molecule has 20 heavy (non-hydrogen) atoms. The summed E-state index contributed by atoms with van der Waals surface area (Å²) in [6.07, 6.45) is 0. The summed E-state index contributed by atoms with van der Waals surface area (Å²) < 4.78 is 25.3. The first kappa shape index (κ1) is 13.6. The number of non-ortho nitro benzene ring substituents is 1. The van der Waals surface area contributed by atoms with Gasteiger partial charge in [-0.2, -0.15) is 0 Å². The Morgan fingerprint density at radius 2 is 2.15 bits per heavy atom. The number of sulfone groups is 1. The summed E-state index contributed by atoms with van der Waals surface area (Å²) in [6.45, 7) is 0. The van der Waals surface area contributed by atoms with Crippen molar-refractivity contribution in [2.24, 2.45) is 0 Å². The van der Waals surface area contributed by atoms with Crippen molar-refractivity contribution in [3.63, 3.8) is 0 Å². The second kappa shape index (κ2) is 4.87. The molecule has 1 aliphatic rings. The molecule has 0 amide bonds. The van der Waals surface area contributed by atoms with Gasteiger partial charge >= 0.3 is 0 Å². The quantitative estimate of drug-likeness (QED) is 0.638. The van der Waals surface area contributed by atoms with Gasteiger partial charge in [0.15, 0.2) is 9.84 Å². The largest absolute Gasteiger partial charge is 0.270 e. The van der Waals surface area contributed by atoms with Crippen LogP contribution in [0.5, 0.6) is 0 Å². The second-order valence-electron chi connectivity index (χ2n) is 4.30. The average Bonchev–Trinajstić information content (AvgIpc) is 2.97. The predicted molar refractivity (Wildman–Crippen MR) is 78.1 cm³/mol. The van der Waals surface area contributed by atoms with Gasteiger partial charge in [0.25, 0.3) is 5.69 Å². The van der Waals surface area contributed by atoms with Crippen molar-refractivity contribution in [1.82, 2.24) is 0 Å². The molecule has 2 aromatic rings. The SMILES string of the molecule is O=[N+]([O-])c1ccc2c(c1)S(=O)(=O)C[C@@H]2Sc1cccs1. The van der Waals surface area contributed by atoms with E-state index in [0.29, 0.717) is 5.56 Å². The molecule has 1 aromatic carbocycles. The fourth-order valence-electron chi connectivity index (χ4n) is 2.12. The van der Waals surface area contributed by atoms with E-state index in [1.54, 1.807) is 17.4 Å². The van der Waals surface area contributed by atoms with Crippen LogP contribution in [0.25, 0.3) is 0 Å². The second-order valence-corrected chi connectivity index (χ2v) is 8.75. The van der Waals surface area contributed by atoms with Gasteiger partial charge in [-0.1, -0.05) is 6.07 Å². The maximum absolute atomic E-state index is 12.1. The minimum atomic E-state index is -3.43. The van der Waals surface area contributed by atoms with Gasteiger partial charge in [-0.05, 0) is 23.1 Å². The molecular weight excluding hydrogens is 318 g/mol. The van der Waals surface area contributed by atoms with Crippen molar-refractivity contribution in [2.75, 3.05) is 5.75 Å². The van der Waals surface area contributed by atoms with Crippen LogP contribution in [0.1, 0.15) is 10.8 Å². The normalized spacial score (nSPS) is 19.7. The third-order valence-corrected chi connectivity index (χ3v) is 7.33. The first-order valence-corrected chi connectivity index (χ1v) is 9.10. The number of nitro benzene ring substituents is 1. The molecule has 0 unspecified atom stereocenters. The Balaban J connectivity index is 2.03. The maximum Gasteiger partial charge on any atom is 0.270 e. The minimum absolute atomic E-state index is 0.00787. The number of fused-ring (bicyclic) bond motifs is 1. The van der Waals surface area contributed by atoms with Crippen LogP contribution in [-0.4, -0.2) is 19.1 Å². The molecular formula is C12H9NO4S3. The van der Waals surface area contributed by atoms with Gasteiger partial charge < -0.3 is 0 Å². The monoisotopic (exact) mass is 327 g/mol. The standard InChI is InChI=1S/C12H9NO4S3/c14-13(15)8-3-4-9-10(19-12-2-1-5-18-12)7-20(16,17)11(9)6-8/h1-6,10H,7H2/t10-/m0/s1. The lowest BCUT2D eigenvalue weighted by Crippen LogP contribution is -2.01. The van der Waals surface area contributed by atoms with E-state index < -0.39 is 14.8 Å². The molecule has 5 nitrogen and oxygen atoms in total. The Bertz CT molecular complexity index is 768. The smallest absolute Gasteiger partial charge is 0.258 e. The van der Waals surface area contributed by atoms with Crippen molar-refractivity contribution in [1.29, 1.82) is 0 Å². The van der Waals surface area contributed by atoms with Gasteiger partial charge in [0.1, 0.15) is 0 Å². The Hall–Kier alpha value is -1.38. The lowest BCUT2D eigenvalue weighted by atomic mass is 10.1. The van der Waals surface area contributed by atoms with E-state index in [4.69, 9.17) is 0 Å². The summed E-state index contributed by atoms with van der Waals surface area (Å²) in [4.78, 5) is 10.3. The molecule has 2 heterocycles. The summed E-state index contributed by atoms with van der Waals surface area (Å²) >= 11 is 3.04. The van der Waals surface area contributed by atoms with Crippen LogP contribution in [-0.2, 0) is 9.84 Å². The van der Waals surface area contributed by atoms with E-state index in [2.05, 4.69) is 0 Å². The average molecular weight is 327 g/mol. The van der Waals surface area contributed by atoms with Crippen LogP contribution in [0, 0.1) is 10.1 Å². The molecule has 0 saturated carbocycles. The van der Waals surface area contributed by atoms with E-state index in [9.17, 15) is 18.5 Å². The summed E-state index contributed by atoms with van der Waals surface area (Å²) in [7, 11) is -3.43. The van der Waals surface area contributed by atoms with Crippen molar-refractivity contribution in [2.45, 2.75) is 14.4 Å². The molecule has 0 spiro atoms. The molecule has 0 bridgehead atoms. The van der Waals surface area contributed by atoms with E-state index in [1.165, 1.54) is 23.9 Å². The fraction of sp³-hybridized carbons (Fsp3) is 0.167. The maximum atomic E-state index is 12.1. The highest BCUT2D eigenvalue weighted by atomic mass is 32.2. The third kappa shape index (κ3) is 2.34. The van der Waals surface area contributed by atoms with E-state index in [-0.39, 0.29) is 21.6 Å².